The Kier molecular flexibility index (Phi) is 4.42. The molecule has 7 heteroatoms. The van der Waals surface area contributed by atoms with Crippen molar-refractivity contribution in [2.45, 2.75) is 24.5 Å². The van der Waals surface area contributed by atoms with Crippen LogP contribution in [0.3, 0.4) is 0 Å². The Morgan fingerprint density at radius 2 is 2.48 bits per heavy atom. The van der Waals surface area contributed by atoms with Gasteiger partial charge in [0.25, 0.3) is 5.91 Å². The van der Waals surface area contributed by atoms with Crippen LogP contribution in [0.5, 0.6) is 0 Å². The first-order valence-corrected chi connectivity index (χ1v) is 7.28. The smallest absolute Gasteiger partial charge is 0.271 e. The summed E-state index contributed by atoms with van der Waals surface area (Å²) in [6, 6.07) is 0. The van der Waals surface area contributed by atoms with Gasteiger partial charge >= 0.3 is 0 Å². The third-order valence-corrected chi connectivity index (χ3v) is 3.86. The van der Waals surface area contributed by atoms with Gasteiger partial charge in [-0.1, -0.05) is 0 Å². The molecule has 3 rings (SSSR count). The van der Waals surface area contributed by atoms with Crippen molar-refractivity contribution in [3.05, 3.63) is 24.3 Å². The van der Waals surface area contributed by atoms with Crippen LogP contribution in [0.4, 0.5) is 0 Å². The van der Waals surface area contributed by atoms with Gasteiger partial charge in [0.15, 0.2) is 0 Å². The molecule has 2 aliphatic rings. The molecule has 0 aromatic carbocycles. The average molecular weight is 292 g/mol. The summed E-state index contributed by atoms with van der Waals surface area (Å²) in [5, 5.41) is 6.19. The van der Waals surface area contributed by atoms with Crippen LogP contribution in [-0.2, 0) is 9.47 Å². The highest BCUT2D eigenvalue weighted by atomic mass is 16.6. The van der Waals surface area contributed by atoms with Crippen molar-refractivity contribution >= 4 is 5.91 Å². The summed E-state index contributed by atoms with van der Waals surface area (Å²) < 4.78 is 11.7. The monoisotopic (exact) mass is 292 g/mol. The number of carbonyl (C=O) groups is 1. The number of ether oxygens (including phenoxy) is 2. The molecule has 2 atom stereocenters. The molecular weight excluding hydrogens is 272 g/mol. The van der Waals surface area contributed by atoms with Crippen molar-refractivity contribution in [2.75, 3.05) is 32.8 Å². The summed E-state index contributed by atoms with van der Waals surface area (Å²) in [4.78, 5) is 19.8. The number of nitrogens with zero attached hydrogens (tertiary/aromatic N) is 2. The Hall–Kier alpha value is -1.57. The summed E-state index contributed by atoms with van der Waals surface area (Å²) in [5.74, 6) is -0.220. The van der Waals surface area contributed by atoms with Gasteiger partial charge in [0.05, 0.1) is 25.5 Å². The Morgan fingerprint density at radius 1 is 1.52 bits per heavy atom. The number of carbonyl (C=O) groups excluding carboxylic acids is 1. The van der Waals surface area contributed by atoms with Gasteiger partial charge in [0.2, 0.25) is 0 Å². The van der Waals surface area contributed by atoms with Crippen molar-refractivity contribution in [3.63, 3.8) is 0 Å². The fourth-order valence-corrected chi connectivity index (χ4v) is 2.76. The zero-order valence-electron chi connectivity index (χ0n) is 11.9. The van der Waals surface area contributed by atoms with Gasteiger partial charge < -0.3 is 20.1 Å². The maximum Gasteiger partial charge on any atom is 0.271 e. The normalized spacial score (nSPS) is 29.2. The first kappa shape index (κ1) is 14.4. The minimum atomic E-state index is -0.238. The minimum absolute atomic E-state index is 0.0223. The summed E-state index contributed by atoms with van der Waals surface area (Å²) in [5.41, 5.74) is 0.0861. The molecule has 0 aliphatic carbocycles. The van der Waals surface area contributed by atoms with E-state index in [1.54, 1.807) is 6.20 Å². The minimum Gasteiger partial charge on any atom is -0.377 e. The van der Waals surface area contributed by atoms with E-state index >= 15 is 0 Å². The van der Waals surface area contributed by atoms with Gasteiger partial charge in [0, 0.05) is 32.0 Å². The number of hydrogen-bond acceptors (Lipinski definition) is 6. The van der Waals surface area contributed by atoms with Gasteiger partial charge in [-0.25, -0.2) is 4.98 Å². The second kappa shape index (κ2) is 6.46. The Bertz CT molecular complexity index is 474. The van der Waals surface area contributed by atoms with E-state index in [-0.39, 0.29) is 17.6 Å². The summed E-state index contributed by atoms with van der Waals surface area (Å²) >= 11 is 0. The predicted molar refractivity (Wildman–Crippen MR) is 74.9 cm³/mol. The maximum absolute atomic E-state index is 11.9. The van der Waals surface area contributed by atoms with Crippen molar-refractivity contribution < 1.29 is 14.3 Å². The molecule has 2 fully saturated rings. The highest BCUT2D eigenvalue weighted by Crippen LogP contribution is 2.30. The van der Waals surface area contributed by atoms with Gasteiger partial charge in [-0.15, -0.1) is 0 Å². The fourth-order valence-electron chi connectivity index (χ4n) is 2.76. The molecule has 7 nitrogen and oxygen atoms in total. The van der Waals surface area contributed by atoms with Crippen LogP contribution in [0, 0.1) is 0 Å². The van der Waals surface area contributed by atoms with E-state index in [1.807, 2.05) is 0 Å². The van der Waals surface area contributed by atoms with Gasteiger partial charge in [0.1, 0.15) is 11.3 Å². The third kappa shape index (κ3) is 3.55. The zero-order chi connectivity index (χ0) is 14.5. The molecule has 0 saturated carbocycles. The second-order valence-electron chi connectivity index (χ2n) is 5.49. The number of hydrogen-bond donors (Lipinski definition) is 2. The van der Waals surface area contributed by atoms with Crippen LogP contribution in [-0.4, -0.2) is 60.4 Å². The second-order valence-corrected chi connectivity index (χ2v) is 5.49. The first-order chi connectivity index (χ1) is 10.3. The number of amides is 1. The molecule has 3 heterocycles. The van der Waals surface area contributed by atoms with Crippen LogP contribution < -0.4 is 10.6 Å². The lowest BCUT2D eigenvalue weighted by Crippen LogP contribution is -2.43. The summed E-state index contributed by atoms with van der Waals surface area (Å²) in [6.07, 6.45) is 6.39. The van der Waals surface area contributed by atoms with Crippen LogP contribution in [0.2, 0.25) is 0 Å². The van der Waals surface area contributed by atoms with E-state index in [2.05, 4.69) is 20.6 Å². The van der Waals surface area contributed by atoms with Gasteiger partial charge in [-0.05, 0) is 12.8 Å². The van der Waals surface area contributed by atoms with Crippen molar-refractivity contribution in [2.24, 2.45) is 0 Å². The highest BCUT2D eigenvalue weighted by molar-refractivity contribution is 5.91. The molecular formula is C14H20N4O3. The van der Waals surface area contributed by atoms with E-state index in [0.717, 1.165) is 32.5 Å². The average Bonchev–Trinajstić information content (AvgIpc) is 2.77. The number of nitrogens with one attached hydrogen (secondary N) is 2. The largest absolute Gasteiger partial charge is 0.377 e. The summed E-state index contributed by atoms with van der Waals surface area (Å²) in [6.45, 7) is 3.49. The fraction of sp³-hybridized carbons (Fsp3) is 0.643. The van der Waals surface area contributed by atoms with E-state index in [1.165, 1.54) is 12.4 Å². The molecule has 0 bridgehead atoms. The first-order valence-electron chi connectivity index (χ1n) is 7.28. The van der Waals surface area contributed by atoms with Crippen molar-refractivity contribution in [1.82, 2.24) is 20.6 Å². The van der Waals surface area contributed by atoms with Crippen LogP contribution in [0.25, 0.3) is 0 Å². The van der Waals surface area contributed by atoms with Gasteiger partial charge in [-0.3, -0.25) is 9.78 Å². The molecule has 1 amide bonds. The Balaban J connectivity index is 1.50. The molecule has 21 heavy (non-hydrogen) atoms. The van der Waals surface area contributed by atoms with E-state index in [0.29, 0.717) is 18.8 Å². The van der Waals surface area contributed by atoms with Crippen molar-refractivity contribution in [3.8, 4) is 0 Å². The van der Waals surface area contributed by atoms with Crippen LogP contribution in [0.1, 0.15) is 23.3 Å². The lowest BCUT2D eigenvalue weighted by molar-refractivity contribution is -0.0764. The number of aromatic nitrogens is 2. The maximum atomic E-state index is 11.9. The van der Waals surface area contributed by atoms with E-state index in [4.69, 9.17) is 9.47 Å². The van der Waals surface area contributed by atoms with Crippen LogP contribution in [0.15, 0.2) is 18.6 Å². The molecule has 1 aromatic heterocycles. The highest BCUT2D eigenvalue weighted by Gasteiger charge is 2.41. The van der Waals surface area contributed by atoms with Gasteiger partial charge in [-0.2, -0.15) is 0 Å². The van der Waals surface area contributed by atoms with Crippen molar-refractivity contribution in [1.29, 1.82) is 0 Å². The number of rotatable bonds is 3. The molecule has 2 aliphatic heterocycles. The quantitative estimate of drug-likeness (QED) is 0.799. The zero-order valence-corrected chi connectivity index (χ0v) is 11.9. The summed E-state index contributed by atoms with van der Waals surface area (Å²) in [7, 11) is 0. The third-order valence-electron chi connectivity index (χ3n) is 3.86. The topological polar surface area (TPSA) is 85.4 Å². The molecule has 114 valence electrons. The lowest BCUT2D eigenvalue weighted by atomic mass is 10.0. The molecule has 0 radical (unpaired) electrons. The molecule has 2 saturated heterocycles. The Morgan fingerprint density at radius 3 is 3.33 bits per heavy atom. The molecule has 2 N–H and O–H groups in total. The lowest BCUT2D eigenvalue weighted by Gasteiger charge is -2.27. The SMILES string of the molecule is O=C(NCC1CCC2(CNCCOC2)O1)c1cnccn1. The Labute approximate surface area is 123 Å². The molecule has 1 aromatic rings. The standard InChI is InChI=1S/C14H20N4O3/c19-13(12-8-15-3-4-17-12)18-7-11-1-2-14(21-11)9-16-5-6-20-10-14/h3-4,8,11,16H,1-2,5-7,9-10H2,(H,18,19). The van der Waals surface area contributed by atoms with E-state index in [9.17, 15) is 4.79 Å². The van der Waals surface area contributed by atoms with E-state index < -0.39 is 0 Å². The predicted octanol–water partition coefficient (Wildman–Crippen LogP) is -0.256. The molecule has 2 unspecified atom stereocenters. The molecule has 1 spiro atoms. The van der Waals surface area contributed by atoms with Crippen LogP contribution >= 0.6 is 0 Å².